The smallest absolute Gasteiger partial charge is 0.0233 e. The Hall–Kier alpha value is -0.860. The molecule has 0 aromatic heterocycles. The summed E-state index contributed by atoms with van der Waals surface area (Å²) in [6.45, 7) is 8.79. The molecular formula is C17H28N2. The van der Waals surface area contributed by atoms with Crippen LogP contribution in [0.25, 0.3) is 0 Å². The molecule has 1 aliphatic rings. The van der Waals surface area contributed by atoms with Gasteiger partial charge in [-0.2, -0.15) is 0 Å². The van der Waals surface area contributed by atoms with Crippen LogP contribution in [0, 0.1) is 5.92 Å². The zero-order valence-electron chi connectivity index (χ0n) is 12.4. The van der Waals surface area contributed by atoms with Gasteiger partial charge in [-0.25, -0.2) is 0 Å². The number of hydrogen-bond donors (Lipinski definition) is 1. The molecule has 0 amide bonds. The molecule has 0 saturated heterocycles. The topological polar surface area (TPSA) is 29.3 Å². The van der Waals surface area contributed by atoms with Crippen LogP contribution in [-0.2, 0) is 6.54 Å². The normalized spacial score (nSPS) is 16.8. The van der Waals surface area contributed by atoms with Crippen molar-refractivity contribution in [3.63, 3.8) is 0 Å². The molecule has 1 aliphatic carbocycles. The third-order valence-corrected chi connectivity index (χ3v) is 4.06. The van der Waals surface area contributed by atoms with Gasteiger partial charge in [-0.3, -0.25) is 4.90 Å². The lowest BCUT2D eigenvalue weighted by Gasteiger charge is -2.22. The van der Waals surface area contributed by atoms with Crippen molar-refractivity contribution in [2.24, 2.45) is 11.7 Å². The van der Waals surface area contributed by atoms with Crippen molar-refractivity contribution >= 4 is 0 Å². The summed E-state index contributed by atoms with van der Waals surface area (Å²) < 4.78 is 0. The van der Waals surface area contributed by atoms with Crippen LogP contribution < -0.4 is 5.73 Å². The lowest BCUT2D eigenvalue weighted by molar-refractivity contribution is 0.255. The van der Waals surface area contributed by atoms with Gasteiger partial charge in [-0.1, -0.05) is 38.1 Å². The Morgan fingerprint density at radius 3 is 2.47 bits per heavy atom. The van der Waals surface area contributed by atoms with Crippen LogP contribution in [0.4, 0.5) is 0 Å². The van der Waals surface area contributed by atoms with E-state index in [-0.39, 0.29) is 0 Å². The van der Waals surface area contributed by atoms with E-state index in [0.717, 1.165) is 19.0 Å². The SMILES string of the molecule is CCCN(Cc1ccc(C(C)CN)cc1)CC1CC1. The Labute approximate surface area is 118 Å². The predicted molar refractivity (Wildman–Crippen MR) is 82.2 cm³/mol. The van der Waals surface area contributed by atoms with Crippen molar-refractivity contribution in [2.45, 2.75) is 45.6 Å². The molecule has 106 valence electrons. The van der Waals surface area contributed by atoms with Gasteiger partial charge >= 0.3 is 0 Å². The number of benzene rings is 1. The van der Waals surface area contributed by atoms with E-state index in [9.17, 15) is 0 Å². The molecule has 1 saturated carbocycles. The third-order valence-electron chi connectivity index (χ3n) is 4.06. The van der Waals surface area contributed by atoms with E-state index in [2.05, 4.69) is 43.0 Å². The van der Waals surface area contributed by atoms with Crippen molar-refractivity contribution in [3.05, 3.63) is 35.4 Å². The Balaban J connectivity index is 1.92. The highest BCUT2D eigenvalue weighted by atomic mass is 15.1. The second-order valence-corrected chi connectivity index (χ2v) is 6.06. The van der Waals surface area contributed by atoms with Crippen LogP contribution in [0.3, 0.4) is 0 Å². The fraction of sp³-hybridized carbons (Fsp3) is 0.647. The highest BCUT2D eigenvalue weighted by molar-refractivity contribution is 5.25. The maximum Gasteiger partial charge on any atom is 0.0233 e. The van der Waals surface area contributed by atoms with Crippen LogP contribution in [0.15, 0.2) is 24.3 Å². The van der Waals surface area contributed by atoms with Crippen molar-refractivity contribution in [3.8, 4) is 0 Å². The molecule has 0 aliphatic heterocycles. The van der Waals surface area contributed by atoms with Gasteiger partial charge in [0.15, 0.2) is 0 Å². The van der Waals surface area contributed by atoms with Crippen LogP contribution >= 0.6 is 0 Å². The van der Waals surface area contributed by atoms with Crippen molar-refractivity contribution in [1.29, 1.82) is 0 Å². The first-order valence-electron chi connectivity index (χ1n) is 7.74. The molecule has 2 rings (SSSR count). The number of nitrogens with zero attached hydrogens (tertiary/aromatic N) is 1. The van der Waals surface area contributed by atoms with Gasteiger partial charge in [-0.05, 0) is 55.3 Å². The van der Waals surface area contributed by atoms with Gasteiger partial charge in [0.05, 0.1) is 0 Å². The highest BCUT2D eigenvalue weighted by Gasteiger charge is 2.23. The largest absolute Gasteiger partial charge is 0.330 e. The Morgan fingerprint density at radius 2 is 1.95 bits per heavy atom. The highest BCUT2D eigenvalue weighted by Crippen LogP contribution is 2.30. The van der Waals surface area contributed by atoms with Crippen LogP contribution in [0.2, 0.25) is 0 Å². The van der Waals surface area contributed by atoms with Crippen molar-refractivity contribution < 1.29 is 0 Å². The van der Waals surface area contributed by atoms with Gasteiger partial charge in [0.25, 0.3) is 0 Å². The number of rotatable bonds is 8. The lowest BCUT2D eigenvalue weighted by atomic mass is 10.00. The molecule has 2 N–H and O–H groups in total. The van der Waals surface area contributed by atoms with E-state index in [4.69, 9.17) is 5.73 Å². The molecule has 0 radical (unpaired) electrons. The van der Waals surface area contributed by atoms with Crippen LogP contribution in [0.5, 0.6) is 0 Å². The van der Waals surface area contributed by atoms with Gasteiger partial charge < -0.3 is 5.73 Å². The fourth-order valence-corrected chi connectivity index (χ4v) is 2.56. The molecule has 2 heteroatoms. The molecule has 1 fully saturated rings. The van der Waals surface area contributed by atoms with E-state index in [0.29, 0.717) is 5.92 Å². The standard InChI is InChI=1S/C17H28N2/c1-3-10-19(12-15-4-5-15)13-16-6-8-17(9-7-16)14(2)11-18/h6-9,14-15H,3-5,10-13,18H2,1-2H3. The fourth-order valence-electron chi connectivity index (χ4n) is 2.56. The van der Waals surface area contributed by atoms with Crippen LogP contribution in [-0.4, -0.2) is 24.5 Å². The molecule has 1 aromatic rings. The molecule has 0 bridgehead atoms. The van der Waals surface area contributed by atoms with Gasteiger partial charge in [0.1, 0.15) is 0 Å². The summed E-state index contributed by atoms with van der Waals surface area (Å²) in [4.78, 5) is 2.61. The summed E-state index contributed by atoms with van der Waals surface area (Å²) >= 11 is 0. The van der Waals surface area contributed by atoms with E-state index >= 15 is 0 Å². The third kappa shape index (κ3) is 4.63. The number of nitrogens with two attached hydrogens (primary N) is 1. The monoisotopic (exact) mass is 260 g/mol. The quantitative estimate of drug-likeness (QED) is 0.776. The molecular weight excluding hydrogens is 232 g/mol. The van der Waals surface area contributed by atoms with E-state index in [1.165, 1.54) is 43.5 Å². The summed E-state index contributed by atoms with van der Waals surface area (Å²) in [7, 11) is 0. The first-order chi connectivity index (χ1) is 9.22. The van der Waals surface area contributed by atoms with E-state index in [1.807, 2.05) is 0 Å². The molecule has 19 heavy (non-hydrogen) atoms. The minimum absolute atomic E-state index is 0.465. The second kappa shape index (κ2) is 7.06. The Bertz CT molecular complexity index is 367. The van der Waals surface area contributed by atoms with E-state index in [1.54, 1.807) is 0 Å². The van der Waals surface area contributed by atoms with Crippen molar-refractivity contribution in [1.82, 2.24) is 4.90 Å². The first-order valence-corrected chi connectivity index (χ1v) is 7.74. The van der Waals surface area contributed by atoms with Gasteiger partial charge in [-0.15, -0.1) is 0 Å². The van der Waals surface area contributed by atoms with Crippen molar-refractivity contribution in [2.75, 3.05) is 19.6 Å². The summed E-state index contributed by atoms with van der Waals surface area (Å²) in [5.41, 5.74) is 8.51. The average Bonchev–Trinajstić information content (AvgIpc) is 3.23. The average molecular weight is 260 g/mol. The molecule has 2 nitrogen and oxygen atoms in total. The number of hydrogen-bond acceptors (Lipinski definition) is 2. The van der Waals surface area contributed by atoms with Gasteiger partial charge in [0, 0.05) is 13.1 Å². The van der Waals surface area contributed by atoms with Crippen LogP contribution in [0.1, 0.15) is 50.2 Å². The van der Waals surface area contributed by atoms with E-state index < -0.39 is 0 Å². The summed E-state index contributed by atoms with van der Waals surface area (Å²) in [6, 6.07) is 9.04. The Morgan fingerprint density at radius 1 is 1.26 bits per heavy atom. The molecule has 1 unspecified atom stereocenters. The first kappa shape index (κ1) is 14.5. The minimum atomic E-state index is 0.465. The Kier molecular flexibility index (Phi) is 5.41. The maximum atomic E-state index is 5.72. The summed E-state index contributed by atoms with van der Waals surface area (Å²) in [6.07, 6.45) is 4.12. The summed E-state index contributed by atoms with van der Waals surface area (Å²) in [5.74, 6) is 1.44. The summed E-state index contributed by atoms with van der Waals surface area (Å²) in [5, 5.41) is 0. The maximum absolute atomic E-state index is 5.72. The minimum Gasteiger partial charge on any atom is -0.330 e. The molecule has 0 heterocycles. The molecule has 1 atom stereocenters. The zero-order valence-corrected chi connectivity index (χ0v) is 12.4. The second-order valence-electron chi connectivity index (χ2n) is 6.06. The molecule has 1 aromatic carbocycles. The lowest BCUT2D eigenvalue weighted by Crippen LogP contribution is -2.26. The van der Waals surface area contributed by atoms with Gasteiger partial charge in [0.2, 0.25) is 0 Å². The molecule has 0 spiro atoms. The zero-order chi connectivity index (χ0) is 13.7. The predicted octanol–water partition coefficient (Wildman–Crippen LogP) is 3.37.